The highest BCUT2D eigenvalue weighted by Gasteiger charge is 2.01. The second kappa shape index (κ2) is 5.41. The maximum absolute atomic E-state index is 5.66. The molecule has 4 heteroatoms. The Morgan fingerprint density at radius 1 is 1.24 bits per heavy atom. The fourth-order valence-electron chi connectivity index (χ4n) is 1.48. The number of nitrogens with zero attached hydrogens (tertiary/aromatic N) is 2. The van der Waals surface area contributed by atoms with Crippen LogP contribution in [0.3, 0.4) is 0 Å². The molecule has 0 bridgehead atoms. The monoisotopic (exact) mass is 229 g/mol. The van der Waals surface area contributed by atoms with Crippen LogP contribution < -0.4 is 10.5 Å². The first-order valence-corrected chi connectivity index (χ1v) is 5.59. The van der Waals surface area contributed by atoms with E-state index in [-0.39, 0.29) is 0 Å². The minimum Gasteiger partial charge on any atom is -0.439 e. The van der Waals surface area contributed by atoms with Crippen molar-refractivity contribution in [2.45, 2.75) is 19.9 Å². The molecule has 1 heterocycles. The lowest BCUT2D eigenvalue weighted by atomic mass is 10.2. The van der Waals surface area contributed by atoms with Crippen molar-refractivity contribution in [1.82, 2.24) is 9.97 Å². The maximum Gasteiger partial charge on any atom is 0.222 e. The first kappa shape index (κ1) is 11.5. The van der Waals surface area contributed by atoms with Crippen LogP contribution in [-0.2, 0) is 13.0 Å². The van der Waals surface area contributed by atoms with Crippen molar-refractivity contribution in [1.29, 1.82) is 0 Å². The van der Waals surface area contributed by atoms with Crippen LogP contribution in [0.25, 0.3) is 0 Å². The molecular formula is C13H15N3O. The summed E-state index contributed by atoms with van der Waals surface area (Å²) >= 11 is 0. The van der Waals surface area contributed by atoms with Crippen LogP contribution in [0.15, 0.2) is 36.7 Å². The Morgan fingerprint density at radius 3 is 2.88 bits per heavy atom. The minimum absolute atomic E-state index is 0.501. The third-order valence-electron chi connectivity index (χ3n) is 2.42. The lowest BCUT2D eigenvalue weighted by molar-refractivity contribution is 0.459. The van der Waals surface area contributed by atoms with Gasteiger partial charge in [0.2, 0.25) is 5.88 Å². The Labute approximate surface area is 100 Å². The van der Waals surface area contributed by atoms with E-state index in [9.17, 15) is 0 Å². The Bertz CT molecular complexity index is 454. The van der Waals surface area contributed by atoms with Crippen molar-refractivity contribution in [3.05, 3.63) is 47.9 Å². The fraction of sp³-hybridized carbons (Fsp3) is 0.231. The van der Waals surface area contributed by atoms with Gasteiger partial charge >= 0.3 is 0 Å². The summed E-state index contributed by atoms with van der Waals surface area (Å²) < 4.78 is 5.66. The van der Waals surface area contributed by atoms with E-state index in [1.165, 1.54) is 6.33 Å². The average Bonchev–Trinajstić information content (AvgIpc) is 2.39. The zero-order valence-corrected chi connectivity index (χ0v) is 9.76. The third kappa shape index (κ3) is 3.01. The molecule has 1 aromatic heterocycles. The largest absolute Gasteiger partial charge is 0.439 e. The molecule has 17 heavy (non-hydrogen) atoms. The van der Waals surface area contributed by atoms with Gasteiger partial charge in [0.15, 0.2) is 0 Å². The molecule has 0 aliphatic carbocycles. The number of benzene rings is 1. The van der Waals surface area contributed by atoms with E-state index in [0.29, 0.717) is 12.4 Å². The summed E-state index contributed by atoms with van der Waals surface area (Å²) in [5.74, 6) is 1.31. The number of aromatic nitrogens is 2. The topological polar surface area (TPSA) is 61.0 Å². The predicted molar refractivity (Wildman–Crippen MR) is 65.8 cm³/mol. The Hall–Kier alpha value is -1.94. The van der Waals surface area contributed by atoms with Crippen LogP contribution in [0.4, 0.5) is 0 Å². The summed E-state index contributed by atoms with van der Waals surface area (Å²) in [7, 11) is 0. The van der Waals surface area contributed by atoms with Gasteiger partial charge in [-0.15, -0.1) is 0 Å². The quantitative estimate of drug-likeness (QED) is 0.873. The first-order valence-electron chi connectivity index (χ1n) is 5.59. The third-order valence-corrected chi connectivity index (χ3v) is 2.42. The van der Waals surface area contributed by atoms with Gasteiger partial charge in [-0.3, -0.25) is 0 Å². The van der Waals surface area contributed by atoms with E-state index < -0.39 is 0 Å². The van der Waals surface area contributed by atoms with Crippen LogP contribution in [0.1, 0.15) is 18.2 Å². The van der Waals surface area contributed by atoms with Crippen LogP contribution in [0.2, 0.25) is 0 Å². The highest BCUT2D eigenvalue weighted by molar-refractivity contribution is 5.31. The number of nitrogens with two attached hydrogens (primary N) is 1. The highest BCUT2D eigenvalue weighted by atomic mass is 16.5. The fourth-order valence-corrected chi connectivity index (χ4v) is 1.48. The molecule has 88 valence electrons. The highest BCUT2D eigenvalue weighted by Crippen LogP contribution is 2.20. The smallest absolute Gasteiger partial charge is 0.222 e. The van der Waals surface area contributed by atoms with Gasteiger partial charge in [0, 0.05) is 18.3 Å². The standard InChI is InChI=1S/C13H15N3O/c1-2-11-7-13(16-9-15-11)17-12-5-3-4-10(6-12)8-14/h3-7,9H,2,8,14H2,1H3. The van der Waals surface area contributed by atoms with E-state index in [1.54, 1.807) is 0 Å². The van der Waals surface area contributed by atoms with Gasteiger partial charge < -0.3 is 10.5 Å². The maximum atomic E-state index is 5.66. The van der Waals surface area contributed by atoms with E-state index >= 15 is 0 Å². The van der Waals surface area contributed by atoms with Gasteiger partial charge in [-0.1, -0.05) is 19.1 Å². The summed E-state index contributed by atoms with van der Waals surface area (Å²) in [5, 5.41) is 0. The van der Waals surface area contributed by atoms with E-state index in [0.717, 1.165) is 23.4 Å². The molecule has 0 aliphatic rings. The van der Waals surface area contributed by atoms with Crippen LogP contribution >= 0.6 is 0 Å². The summed E-state index contributed by atoms with van der Waals surface area (Å²) in [4.78, 5) is 8.20. The molecule has 0 amide bonds. The second-order valence-electron chi connectivity index (χ2n) is 3.65. The molecule has 1 aromatic carbocycles. The first-order chi connectivity index (χ1) is 8.31. The molecule has 0 saturated carbocycles. The summed E-state index contributed by atoms with van der Waals surface area (Å²) in [6, 6.07) is 9.51. The lowest BCUT2D eigenvalue weighted by Crippen LogP contribution is -1.97. The van der Waals surface area contributed by atoms with E-state index in [1.807, 2.05) is 37.3 Å². The molecule has 2 N–H and O–H groups in total. The van der Waals surface area contributed by atoms with Gasteiger partial charge in [-0.2, -0.15) is 0 Å². The van der Waals surface area contributed by atoms with E-state index in [4.69, 9.17) is 10.5 Å². The molecule has 0 radical (unpaired) electrons. The van der Waals surface area contributed by atoms with E-state index in [2.05, 4.69) is 9.97 Å². The summed E-state index contributed by atoms with van der Waals surface area (Å²) in [6.45, 7) is 2.54. The molecule has 0 aliphatic heterocycles. The van der Waals surface area contributed by atoms with Crippen molar-refractivity contribution in [2.24, 2.45) is 5.73 Å². The van der Waals surface area contributed by atoms with Gasteiger partial charge in [0.25, 0.3) is 0 Å². The summed E-state index contributed by atoms with van der Waals surface area (Å²) in [5.41, 5.74) is 7.57. The number of aryl methyl sites for hydroxylation is 1. The Morgan fingerprint density at radius 2 is 2.12 bits per heavy atom. The summed E-state index contributed by atoms with van der Waals surface area (Å²) in [6.07, 6.45) is 2.38. The zero-order valence-electron chi connectivity index (χ0n) is 9.76. The van der Waals surface area contributed by atoms with Gasteiger partial charge in [-0.25, -0.2) is 9.97 Å². The van der Waals surface area contributed by atoms with Crippen LogP contribution in [0, 0.1) is 0 Å². The lowest BCUT2D eigenvalue weighted by Gasteiger charge is -2.06. The minimum atomic E-state index is 0.501. The van der Waals surface area contributed by atoms with Gasteiger partial charge in [-0.05, 0) is 24.1 Å². The Balaban J connectivity index is 2.18. The predicted octanol–water partition coefficient (Wildman–Crippen LogP) is 2.29. The van der Waals surface area contributed by atoms with Crippen molar-refractivity contribution in [3.63, 3.8) is 0 Å². The van der Waals surface area contributed by atoms with Gasteiger partial charge in [0.05, 0.1) is 0 Å². The van der Waals surface area contributed by atoms with Crippen LogP contribution in [0.5, 0.6) is 11.6 Å². The SMILES string of the molecule is CCc1cc(Oc2cccc(CN)c2)ncn1. The molecular weight excluding hydrogens is 214 g/mol. The van der Waals surface area contributed by atoms with Crippen LogP contribution in [-0.4, -0.2) is 9.97 Å². The molecule has 4 nitrogen and oxygen atoms in total. The Kier molecular flexibility index (Phi) is 3.67. The number of hydrogen-bond donors (Lipinski definition) is 1. The second-order valence-corrected chi connectivity index (χ2v) is 3.65. The number of hydrogen-bond acceptors (Lipinski definition) is 4. The van der Waals surface area contributed by atoms with Crippen molar-refractivity contribution < 1.29 is 4.74 Å². The van der Waals surface area contributed by atoms with Crippen molar-refractivity contribution >= 4 is 0 Å². The molecule has 0 fully saturated rings. The van der Waals surface area contributed by atoms with Gasteiger partial charge in [0.1, 0.15) is 12.1 Å². The molecule has 2 rings (SSSR count). The molecule has 0 saturated heterocycles. The van der Waals surface area contributed by atoms with Crippen molar-refractivity contribution in [3.8, 4) is 11.6 Å². The molecule has 0 atom stereocenters. The average molecular weight is 229 g/mol. The molecule has 0 spiro atoms. The zero-order chi connectivity index (χ0) is 12.1. The molecule has 2 aromatic rings. The normalized spacial score (nSPS) is 10.2. The van der Waals surface area contributed by atoms with Crippen molar-refractivity contribution in [2.75, 3.05) is 0 Å². The molecule has 0 unspecified atom stereocenters. The number of rotatable bonds is 4. The number of ether oxygens (including phenoxy) is 1.